The van der Waals surface area contributed by atoms with E-state index in [1.807, 2.05) is 48.2 Å². The largest absolute Gasteiger partial charge is 0.497 e. The fourth-order valence-corrected chi connectivity index (χ4v) is 10.7. The minimum atomic E-state index is -3.45. The molecular weight excluding hydrogens is 593 g/mol. The molecule has 4 aliphatic heterocycles. The minimum absolute atomic E-state index is 0.0448. The van der Waals surface area contributed by atoms with E-state index < -0.39 is 31.6 Å². The van der Waals surface area contributed by atoms with E-state index in [1.165, 1.54) is 0 Å². The van der Waals surface area contributed by atoms with Crippen LogP contribution in [0, 0.1) is 5.92 Å². The molecule has 1 spiro atoms. The van der Waals surface area contributed by atoms with E-state index in [0.717, 1.165) is 36.9 Å². The number of benzene rings is 2. The molecule has 0 bridgehead atoms. The molecule has 5 atom stereocenters. The number of hydrogen-bond acceptors (Lipinski definition) is 6. The Kier molecular flexibility index (Phi) is 8.55. The van der Waals surface area contributed by atoms with Gasteiger partial charge in [-0.25, -0.2) is 0 Å². The Morgan fingerprint density at radius 1 is 1.11 bits per heavy atom. The number of carbonyl (C=O) groups is 3. The molecule has 1 N–H and O–H groups in total. The highest BCUT2D eigenvalue weighted by Crippen LogP contribution is 2.60. The summed E-state index contributed by atoms with van der Waals surface area (Å²) in [5.74, 6) is -0.306. The van der Waals surface area contributed by atoms with Crippen molar-refractivity contribution in [3.63, 3.8) is 0 Å². The van der Waals surface area contributed by atoms with Crippen molar-refractivity contribution in [1.29, 1.82) is 0 Å². The average Bonchev–Trinajstić information content (AvgIpc) is 3.68. The zero-order chi connectivity index (χ0) is 32.1. The first-order chi connectivity index (χ1) is 21.5. The zero-order valence-corrected chi connectivity index (χ0v) is 27.6. The van der Waals surface area contributed by atoms with Crippen LogP contribution >= 0.6 is 0 Å². The summed E-state index contributed by atoms with van der Waals surface area (Å²) in [6.45, 7) is 6.53. The standard InChI is InChI=1S/C34H44FN3O6Si/c1-22-32(45(3,4)35)29(19-31(41)37-17-7-8-25(37)21-39)44-34(22)27-18-26(43-2)14-15-28(27)38(33(34)42)20-23-10-12-24(13-11-23)36-16-6-5-9-30(36)40/h10-15,18,22,25,29,32,39H,5-9,16-17,19-21H2,1-4H3/t22-,25-,29+,32-,34+/m0/s1. The Bertz CT molecular complexity index is 1460. The number of amides is 3. The lowest BCUT2D eigenvalue weighted by atomic mass is 9.82. The second-order valence-electron chi connectivity index (χ2n) is 13.5. The van der Waals surface area contributed by atoms with Gasteiger partial charge < -0.3 is 33.4 Å². The fourth-order valence-electron chi connectivity index (χ4n) is 8.20. The van der Waals surface area contributed by atoms with E-state index in [2.05, 4.69) is 0 Å². The summed E-state index contributed by atoms with van der Waals surface area (Å²) in [7, 11) is -1.89. The van der Waals surface area contributed by atoms with Crippen molar-refractivity contribution in [2.24, 2.45) is 5.92 Å². The number of likely N-dealkylation sites (tertiary alicyclic amines) is 1. The van der Waals surface area contributed by atoms with Gasteiger partial charge in [0, 0.05) is 42.2 Å². The number of rotatable bonds is 8. The van der Waals surface area contributed by atoms with Crippen LogP contribution in [0.1, 0.15) is 56.6 Å². The number of ether oxygens (including phenoxy) is 2. The number of methoxy groups -OCH3 is 1. The first-order valence-corrected chi connectivity index (χ1v) is 19.1. The molecule has 11 heteroatoms. The SMILES string of the molecule is COc1ccc2c(c1)[C@@]1(O[C@H](CC(=O)N3CCC[C@H]3CO)[C@@H]([Si](C)(C)F)[C@@H]1C)C(=O)N2Cc1ccc(N2CCCCC2=O)cc1. The van der Waals surface area contributed by atoms with Crippen LogP contribution in [0.25, 0.3) is 0 Å². The van der Waals surface area contributed by atoms with Crippen molar-refractivity contribution < 1.29 is 33.1 Å². The van der Waals surface area contributed by atoms with Crippen molar-refractivity contribution in [1.82, 2.24) is 4.90 Å². The third-order valence-corrected chi connectivity index (χ3v) is 12.8. The summed E-state index contributed by atoms with van der Waals surface area (Å²) in [6, 6.07) is 12.9. The second-order valence-corrected chi connectivity index (χ2v) is 17.3. The van der Waals surface area contributed by atoms with Gasteiger partial charge in [-0.15, -0.1) is 0 Å². The number of hydrogen-bond donors (Lipinski definition) is 1. The van der Waals surface area contributed by atoms with E-state index >= 15 is 4.11 Å². The van der Waals surface area contributed by atoms with Crippen molar-refractivity contribution in [3.05, 3.63) is 53.6 Å². The highest BCUT2D eigenvalue weighted by molar-refractivity contribution is 6.72. The van der Waals surface area contributed by atoms with Crippen LogP contribution in [-0.2, 0) is 31.3 Å². The Balaban J connectivity index is 1.33. The predicted molar refractivity (Wildman–Crippen MR) is 171 cm³/mol. The Hall–Kier alpha value is -3.28. The van der Waals surface area contributed by atoms with Gasteiger partial charge in [0.25, 0.3) is 5.91 Å². The number of aliphatic hydroxyl groups excluding tert-OH is 1. The molecule has 4 aliphatic rings. The molecular formula is C34H44FN3O6Si. The maximum Gasteiger partial charge on any atom is 0.264 e. The quantitative estimate of drug-likeness (QED) is 0.327. The van der Waals surface area contributed by atoms with Gasteiger partial charge in [0.1, 0.15) is 5.75 Å². The minimum Gasteiger partial charge on any atom is -0.497 e. The molecule has 0 radical (unpaired) electrons. The van der Waals surface area contributed by atoms with Crippen LogP contribution in [0.4, 0.5) is 15.5 Å². The summed E-state index contributed by atoms with van der Waals surface area (Å²) in [4.78, 5) is 45.9. The van der Waals surface area contributed by atoms with Crippen molar-refractivity contribution >= 4 is 37.5 Å². The molecule has 242 valence electrons. The smallest absolute Gasteiger partial charge is 0.264 e. The number of halogens is 1. The molecule has 3 fully saturated rings. The normalized spacial score (nSPS) is 28.4. The van der Waals surface area contributed by atoms with Gasteiger partial charge in [0.05, 0.1) is 44.5 Å². The molecule has 2 aromatic carbocycles. The van der Waals surface area contributed by atoms with Crippen LogP contribution in [0.2, 0.25) is 18.6 Å². The summed E-state index contributed by atoms with van der Waals surface area (Å²) in [5, 5.41) is 9.82. The first kappa shape index (κ1) is 31.7. The zero-order valence-electron chi connectivity index (χ0n) is 26.6. The number of fused-ring (bicyclic) bond motifs is 2. The van der Waals surface area contributed by atoms with Crippen LogP contribution < -0.4 is 14.5 Å². The lowest BCUT2D eigenvalue weighted by molar-refractivity contribution is -0.150. The number of anilines is 2. The summed E-state index contributed by atoms with van der Waals surface area (Å²) < 4.78 is 28.6. The van der Waals surface area contributed by atoms with Gasteiger partial charge in [0.15, 0.2) is 5.60 Å². The number of carbonyl (C=O) groups excluding carboxylic acids is 3. The summed E-state index contributed by atoms with van der Waals surface area (Å²) in [6.07, 6.45) is 3.15. The highest BCUT2D eigenvalue weighted by atomic mass is 28.4. The molecule has 45 heavy (non-hydrogen) atoms. The Labute approximate surface area is 265 Å². The van der Waals surface area contributed by atoms with Gasteiger partial charge in [-0.2, -0.15) is 0 Å². The van der Waals surface area contributed by atoms with Gasteiger partial charge in [-0.3, -0.25) is 14.4 Å². The van der Waals surface area contributed by atoms with E-state index in [4.69, 9.17) is 9.47 Å². The van der Waals surface area contributed by atoms with E-state index in [-0.39, 0.29) is 43.3 Å². The molecule has 6 rings (SSSR count). The monoisotopic (exact) mass is 637 g/mol. The maximum atomic E-state index is 16.2. The summed E-state index contributed by atoms with van der Waals surface area (Å²) in [5.41, 5.74) is 0.943. The third-order valence-electron chi connectivity index (χ3n) is 10.4. The summed E-state index contributed by atoms with van der Waals surface area (Å²) >= 11 is 0. The van der Waals surface area contributed by atoms with Gasteiger partial charge >= 0.3 is 0 Å². The van der Waals surface area contributed by atoms with E-state index in [0.29, 0.717) is 36.5 Å². The second kappa shape index (κ2) is 12.1. The number of nitrogens with zero attached hydrogens (tertiary/aromatic N) is 3. The molecule has 0 aromatic heterocycles. The Morgan fingerprint density at radius 3 is 2.53 bits per heavy atom. The highest BCUT2D eigenvalue weighted by Gasteiger charge is 2.67. The molecule has 0 aliphatic carbocycles. The van der Waals surface area contributed by atoms with Crippen molar-refractivity contribution in [2.45, 2.75) is 88.4 Å². The van der Waals surface area contributed by atoms with Gasteiger partial charge in [-0.1, -0.05) is 19.1 Å². The maximum absolute atomic E-state index is 16.2. The average molecular weight is 638 g/mol. The predicted octanol–water partition coefficient (Wildman–Crippen LogP) is 4.91. The Morgan fingerprint density at radius 2 is 1.87 bits per heavy atom. The van der Waals surface area contributed by atoms with E-state index in [9.17, 15) is 19.5 Å². The van der Waals surface area contributed by atoms with Crippen molar-refractivity contribution in [3.8, 4) is 5.75 Å². The molecule has 4 heterocycles. The van der Waals surface area contributed by atoms with E-state index in [1.54, 1.807) is 36.1 Å². The third kappa shape index (κ3) is 5.46. The molecule has 3 amide bonds. The van der Waals surface area contributed by atoms with Crippen LogP contribution in [0.5, 0.6) is 5.75 Å². The topological polar surface area (TPSA) is 99.6 Å². The van der Waals surface area contributed by atoms with Crippen LogP contribution in [-0.4, -0.2) is 75.1 Å². The van der Waals surface area contributed by atoms with Gasteiger partial charge in [-0.05, 0) is 74.7 Å². The molecule has 0 unspecified atom stereocenters. The number of piperidine rings is 1. The molecule has 3 saturated heterocycles. The van der Waals surface area contributed by atoms with Crippen LogP contribution in [0.3, 0.4) is 0 Å². The first-order valence-electron chi connectivity index (χ1n) is 16.2. The number of aliphatic hydroxyl groups is 1. The lowest BCUT2D eigenvalue weighted by Crippen LogP contribution is -2.45. The van der Waals surface area contributed by atoms with Crippen LogP contribution in [0.15, 0.2) is 42.5 Å². The lowest BCUT2D eigenvalue weighted by Gasteiger charge is -2.31. The molecule has 0 saturated carbocycles. The molecule has 9 nitrogen and oxygen atoms in total. The van der Waals surface area contributed by atoms with Crippen molar-refractivity contribution in [2.75, 3.05) is 36.6 Å². The van der Waals surface area contributed by atoms with Gasteiger partial charge in [0.2, 0.25) is 20.2 Å². The molecule has 2 aromatic rings. The fraction of sp³-hybridized carbons (Fsp3) is 0.559.